The topological polar surface area (TPSA) is 24.4 Å². The Hall–Kier alpha value is -0.790. The Labute approximate surface area is 63.0 Å². The van der Waals surface area contributed by atoms with Gasteiger partial charge in [0.2, 0.25) is 0 Å². The number of hydrogen-bond donors (Lipinski definition) is 1. The summed E-state index contributed by atoms with van der Waals surface area (Å²) in [5.41, 5.74) is 4.08. The van der Waals surface area contributed by atoms with E-state index in [-0.39, 0.29) is 0 Å². The summed E-state index contributed by atoms with van der Waals surface area (Å²) in [7, 11) is 0. The molecule has 0 amide bonds. The minimum atomic E-state index is 0.885. The van der Waals surface area contributed by atoms with Crippen molar-refractivity contribution in [1.29, 1.82) is 0 Å². The van der Waals surface area contributed by atoms with Crippen molar-refractivity contribution < 1.29 is 0 Å². The summed E-state index contributed by atoms with van der Waals surface area (Å²) in [5, 5.41) is 3.97. The van der Waals surface area contributed by atoms with Gasteiger partial charge in [-0.3, -0.25) is 0 Å². The molecule has 10 heavy (non-hydrogen) atoms. The summed E-state index contributed by atoms with van der Waals surface area (Å²) in [6.45, 7) is 7.07. The first kappa shape index (κ1) is 9.21. The molecule has 2 nitrogen and oxygen atoms in total. The van der Waals surface area contributed by atoms with Crippen LogP contribution in [0.15, 0.2) is 16.8 Å². The fraction of sp³-hybridized carbons (Fsp3) is 0.625. The van der Waals surface area contributed by atoms with Crippen LogP contribution >= 0.6 is 0 Å². The van der Waals surface area contributed by atoms with Crippen molar-refractivity contribution in [3.8, 4) is 0 Å². The summed E-state index contributed by atoms with van der Waals surface area (Å²) in [5.74, 6) is 0. The molecule has 0 unspecified atom stereocenters. The molecule has 0 radical (unpaired) electrons. The van der Waals surface area contributed by atoms with E-state index < -0.39 is 0 Å². The van der Waals surface area contributed by atoms with Gasteiger partial charge >= 0.3 is 0 Å². The molecule has 0 aliphatic rings. The highest BCUT2D eigenvalue weighted by atomic mass is 15.3. The van der Waals surface area contributed by atoms with Crippen molar-refractivity contribution in [1.82, 2.24) is 5.43 Å². The number of nitrogens with zero attached hydrogens (tertiary/aromatic N) is 1. The minimum absolute atomic E-state index is 0.885. The van der Waals surface area contributed by atoms with E-state index in [1.807, 2.05) is 20.1 Å². The lowest BCUT2D eigenvalue weighted by atomic mass is 10.3. The smallest absolute Gasteiger partial charge is 0.0494 e. The quantitative estimate of drug-likeness (QED) is 0.468. The zero-order chi connectivity index (χ0) is 7.82. The minimum Gasteiger partial charge on any atom is -0.310 e. The average Bonchev–Trinajstić information content (AvgIpc) is 1.89. The summed E-state index contributed by atoms with van der Waals surface area (Å²) in [6.07, 6.45) is 5.05. The van der Waals surface area contributed by atoms with Crippen molar-refractivity contribution >= 4 is 6.21 Å². The Balaban J connectivity index is 3.55. The van der Waals surface area contributed by atoms with Crippen LogP contribution in [-0.2, 0) is 0 Å². The van der Waals surface area contributed by atoms with Crippen LogP contribution in [0.4, 0.5) is 0 Å². The molecule has 0 bridgehead atoms. The normalized spacial score (nSPS) is 12.5. The number of rotatable bonds is 4. The highest BCUT2D eigenvalue weighted by Crippen LogP contribution is 1.89. The van der Waals surface area contributed by atoms with Gasteiger partial charge in [0.05, 0.1) is 0 Å². The van der Waals surface area contributed by atoms with E-state index in [9.17, 15) is 0 Å². The van der Waals surface area contributed by atoms with Crippen molar-refractivity contribution in [2.24, 2.45) is 5.10 Å². The molecule has 0 spiro atoms. The molecular weight excluding hydrogens is 124 g/mol. The third kappa shape index (κ3) is 5.35. The van der Waals surface area contributed by atoms with E-state index >= 15 is 0 Å². The first-order valence-corrected chi connectivity index (χ1v) is 3.74. The van der Waals surface area contributed by atoms with Crippen LogP contribution < -0.4 is 5.43 Å². The number of allylic oxidation sites excluding steroid dienone is 2. The van der Waals surface area contributed by atoms with Crippen LogP contribution in [-0.4, -0.2) is 12.8 Å². The van der Waals surface area contributed by atoms with E-state index in [0.717, 1.165) is 13.0 Å². The third-order valence-electron chi connectivity index (χ3n) is 1.04. The monoisotopic (exact) mass is 140 g/mol. The van der Waals surface area contributed by atoms with Crippen LogP contribution in [0.5, 0.6) is 0 Å². The first-order valence-electron chi connectivity index (χ1n) is 3.74. The Morgan fingerprint density at radius 2 is 2.20 bits per heavy atom. The molecule has 1 N–H and O–H groups in total. The van der Waals surface area contributed by atoms with Gasteiger partial charge in [-0.05, 0) is 25.8 Å². The molecule has 0 heterocycles. The molecule has 0 saturated heterocycles. The lowest BCUT2D eigenvalue weighted by molar-refractivity contribution is 0.787. The van der Waals surface area contributed by atoms with Gasteiger partial charge in [-0.15, -0.1) is 0 Å². The summed E-state index contributed by atoms with van der Waals surface area (Å²) in [6, 6.07) is 0. The highest BCUT2D eigenvalue weighted by molar-refractivity contribution is 5.77. The molecule has 0 rings (SSSR count). The van der Waals surface area contributed by atoms with Crippen LogP contribution in [0.3, 0.4) is 0 Å². The second kappa shape index (κ2) is 6.33. The average molecular weight is 140 g/mol. The lowest BCUT2D eigenvalue weighted by Crippen LogP contribution is -2.02. The Kier molecular flexibility index (Phi) is 5.83. The molecule has 0 saturated carbocycles. The number of hydrogen-bond acceptors (Lipinski definition) is 2. The van der Waals surface area contributed by atoms with Gasteiger partial charge in [0.1, 0.15) is 0 Å². The lowest BCUT2D eigenvalue weighted by Gasteiger charge is -1.91. The highest BCUT2D eigenvalue weighted by Gasteiger charge is 1.77. The fourth-order valence-electron chi connectivity index (χ4n) is 0.613. The van der Waals surface area contributed by atoms with E-state index in [1.165, 1.54) is 5.57 Å². The summed E-state index contributed by atoms with van der Waals surface area (Å²) in [4.78, 5) is 0. The Morgan fingerprint density at radius 3 is 2.70 bits per heavy atom. The predicted octanol–water partition coefficient (Wildman–Crippen LogP) is 1.94. The molecule has 0 atom stereocenters. The number of nitrogens with one attached hydrogen (secondary N) is 1. The summed E-state index contributed by atoms with van der Waals surface area (Å²) < 4.78 is 0. The van der Waals surface area contributed by atoms with Gasteiger partial charge in [0, 0.05) is 12.8 Å². The molecule has 0 aliphatic carbocycles. The van der Waals surface area contributed by atoms with Crippen molar-refractivity contribution in [3.63, 3.8) is 0 Å². The van der Waals surface area contributed by atoms with E-state index in [4.69, 9.17) is 0 Å². The standard InChI is InChI=1S/C8H16N2/c1-4-6-8(3)7-10-9-5-2/h6-7,9H,4-5H2,1-3H3. The third-order valence-corrected chi connectivity index (χ3v) is 1.04. The van der Waals surface area contributed by atoms with E-state index in [2.05, 4.69) is 23.5 Å². The Bertz CT molecular complexity index is 125. The van der Waals surface area contributed by atoms with Crippen LogP contribution in [0.2, 0.25) is 0 Å². The van der Waals surface area contributed by atoms with Gasteiger partial charge < -0.3 is 5.43 Å². The molecule has 0 aromatic rings. The molecule has 0 aromatic carbocycles. The van der Waals surface area contributed by atoms with Crippen LogP contribution in [0.25, 0.3) is 0 Å². The van der Waals surface area contributed by atoms with Gasteiger partial charge in [-0.25, -0.2) is 0 Å². The summed E-state index contributed by atoms with van der Waals surface area (Å²) >= 11 is 0. The van der Waals surface area contributed by atoms with Crippen LogP contribution in [0.1, 0.15) is 27.2 Å². The van der Waals surface area contributed by atoms with Crippen molar-refractivity contribution in [2.45, 2.75) is 27.2 Å². The van der Waals surface area contributed by atoms with Gasteiger partial charge in [-0.1, -0.05) is 13.0 Å². The molecule has 2 heteroatoms. The second-order valence-corrected chi connectivity index (χ2v) is 2.13. The fourth-order valence-corrected chi connectivity index (χ4v) is 0.613. The van der Waals surface area contributed by atoms with Crippen molar-refractivity contribution in [2.75, 3.05) is 6.54 Å². The van der Waals surface area contributed by atoms with Crippen LogP contribution in [0, 0.1) is 0 Å². The van der Waals surface area contributed by atoms with Gasteiger partial charge in [-0.2, -0.15) is 5.10 Å². The molecule has 0 aliphatic heterocycles. The van der Waals surface area contributed by atoms with Gasteiger partial charge in [0.25, 0.3) is 0 Å². The van der Waals surface area contributed by atoms with Crippen molar-refractivity contribution in [3.05, 3.63) is 11.6 Å². The van der Waals surface area contributed by atoms with E-state index in [0.29, 0.717) is 0 Å². The SMILES string of the molecule is CCC=C(C)C=NNCC. The van der Waals surface area contributed by atoms with E-state index in [1.54, 1.807) is 0 Å². The second-order valence-electron chi connectivity index (χ2n) is 2.13. The van der Waals surface area contributed by atoms with Gasteiger partial charge in [0.15, 0.2) is 0 Å². The molecule has 58 valence electrons. The predicted molar refractivity (Wildman–Crippen MR) is 46.2 cm³/mol. The Morgan fingerprint density at radius 1 is 1.50 bits per heavy atom. The number of hydrazone groups is 1. The first-order chi connectivity index (χ1) is 4.81. The molecule has 0 aromatic heterocycles. The molecular formula is C8H16N2. The maximum atomic E-state index is 3.97. The maximum absolute atomic E-state index is 3.97. The zero-order valence-electron chi connectivity index (χ0n) is 7.02. The molecule has 0 fully saturated rings. The maximum Gasteiger partial charge on any atom is 0.0494 e. The largest absolute Gasteiger partial charge is 0.310 e. The zero-order valence-corrected chi connectivity index (χ0v) is 7.02.